The molecule has 0 aliphatic heterocycles. The molecule has 0 bridgehead atoms. The highest BCUT2D eigenvalue weighted by molar-refractivity contribution is 7.92. The van der Waals surface area contributed by atoms with Crippen molar-refractivity contribution in [3.05, 3.63) is 64.6 Å². The minimum atomic E-state index is -3.40. The number of aryl methyl sites for hydroxylation is 1. The molecule has 0 saturated carbocycles. The number of carbonyl (C=O) groups excluding carboxylic acids is 1. The highest BCUT2D eigenvalue weighted by Gasteiger charge is 2.21. The van der Waals surface area contributed by atoms with Gasteiger partial charge in [-0.1, -0.05) is 22.8 Å². The summed E-state index contributed by atoms with van der Waals surface area (Å²) in [6.07, 6.45) is -0.469. The van der Waals surface area contributed by atoms with Crippen molar-refractivity contribution in [2.45, 2.75) is 20.0 Å². The van der Waals surface area contributed by atoms with Gasteiger partial charge in [-0.05, 0) is 50.2 Å². The summed E-state index contributed by atoms with van der Waals surface area (Å²) in [6.45, 7) is 3.25. The standard InChI is InChI=1S/C20H19ClFN3O5S/c1-11-18(23-20(26)29-12(2)16-9-6-14(22)10-17(16)21)19(30-24-11)13-4-7-15(8-5-13)25-31(3,27)28/h4-10,12,25H,1-3H3,(H,23,26). The summed E-state index contributed by atoms with van der Waals surface area (Å²) in [6, 6.07) is 10.1. The van der Waals surface area contributed by atoms with Crippen LogP contribution in [0.5, 0.6) is 0 Å². The number of carbonyl (C=O) groups is 1. The summed E-state index contributed by atoms with van der Waals surface area (Å²) in [7, 11) is -3.40. The molecule has 31 heavy (non-hydrogen) atoms. The van der Waals surface area contributed by atoms with E-state index in [0.29, 0.717) is 28.2 Å². The molecule has 1 unspecified atom stereocenters. The van der Waals surface area contributed by atoms with Crippen LogP contribution in [0.1, 0.15) is 24.3 Å². The van der Waals surface area contributed by atoms with Crippen molar-refractivity contribution in [1.29, 1.82) is 0 Å². The monoisotopic (exact) mass is 467 g/mol. The van der Waals surface area contributed by atoms with Gasteiger partial charge in [0, 0.05) is 16.8 Å². The van der Waals surface area contributed by atoms with E-state index in [4.69, 9.17) is 20.9 Å². The zero-order valence-electron chi connectivity index (χ0n) is 16.8. The zero-order chi connectivity index (χ0) is 22.8. The Hall–Kier alpha value is -3.11. The first-order chi connectivity index (χ1) is 14.5. The minimum absolute atomic E-state index is 0.143. The first-order valence-corrected chi connectivity index (χ1v) is 11.3. The van der Waals surface area contributed by atoms with Gasteiger partial charge in [0.05, 0.1) is 11.3 Å². The third-order valence-corrected chi connectivity index (χ3v) is 5.16. The molecule has 164 valence electrons. The average molecular weight is 468 g/mol. The van der Waals surface area contributed by atoms with Crippen LogP contribution in [-0.2, 0) is 14.8 Å². The van der Waals surface area contributed by atoms with Gasteiger partial charge in [0.2, 0.25) is 10.0 Å². The quantitative estimate of drug-likeness (QED) is 0.520. The molecule has 1 amide bonds. The van der Waals surface area contributed by atoms with Crippen LogP contribution in [0.4, 0.5) is 20.6 Å². The molecule has 0 saturated heterocycles. The number of nitrogens with one attached hydrogen (secondary N) is 2. The van der Waals surface area contributed by atoms with Crippen LogP contribution in [0.25, 0.3) is 11.3 Å². The van der Waals surface area contributed by atoms with Crippen LogP contribution in [0.15, 0.2) is 47.0 Å². The van der Waals surface area contributed by atoms with Crippen LogP contribution in [0, 0.1) is 12.7 Å². The van der Waals surface area contributed by atoms with Crippen molar-refractivity contribution >= 4 is 39.1 Å². The van der Waals surface area contributed by atoms with Gasteiger partial charge in [-0.3, -0.25) is 10.0 Å². The third-order valence-electron chi connectivity index (χ3n) is 4.22. The normalized spacial score (nSPS) is 12.3. The van der Waals surface area contributed by atoms with E-state index < -0.39 is 28.0 Å². The van der Waals surface area contributed by atoms with E-state index in [0.717, 1.165) is 12.3 Å². The van der Waals surface area contributed by atoms with Crippen molar-refractivity contribution in [2.75, 3.05) is 16.3 Å². The molecule has 11 heteroatoms. The Morgan fingerprint density at radius 1 is 1.23 bits per heavy atom. The van der Waals surface area contributed by atoms with Gasteiger partial charge >= 0.3 is 6.09 Å². The summed E-state index contributed by atoms with van der Waals surface area (Å²) in [5.41, 5.74) is 2.10. The molecule has 3 rings (SSSR count). The topological polar surface area (TPSA) is 111 Å². The van der Waals surface area contributed by atoms with E-state index >= 15 is 0 Å². The molecule has 2 aromatic carbocycles. The predicted octanol–water partition coefficient (Wildman–Crippen LogP) is 5.12. The Kier molecular flexibility index (Phi) is 6.51. The van der Waals surface area contributed by atoms with E-state index in [-0.39, 0.29) is 10.8 Å². The maximum absolute atomic E-state index is 13.2. The fourth-order valence-electron chi connectivity index (χ4n) is 2.80. The zero-order valence-corrected chi connectivity index (χ0v) is 18.3. The smallest absolute Gasteiger partial charge is 0.412 e. The molecular weight excluding hydrogens is 449 g/mol. The lowest BCUT2D eigenvalue weighted by molar-refractivity contribution is 0.121. The van der Waals surface area contributed by atoms with E-state index in [1.807, 2.05) is 0 Å². The van der Waals surface area contributed by atoms with E-state index in [2.05, 4.69) is 15.2 Å². The number of hydrogen-bond donors (Lipinski definition) is 2. The second-order valence-electron chi connectivity index (χ2n) is 6.76. The van der Waals surface area contributed by atoms with Gasteiger partial charge in [-0.25, -0.2) is 17.6 Å². The second-order valence-corrected chi connectivity index (χ2v) is 8.92. The number of ether oxygens (including phenoxy) is 1. The van der Waals surface area contributed by atoms with Crippen LogP contribution in [-0.4, -0.2) is 25.9 Å². The van der Waals surface area contributed by atoms with Crippen molar-refractivity contribution in [3.63, 3.8) is 0 Å². The lowest BCUT2D eigenvalue weighted by Crippen LogP contribution is -2.17. The number of rotatable bonds is 6. The molecule has 2 N–H and O–H groups in total. The summed E-state index contributed by atoms with van der Waals surface area (Å²) in [4.78, 5) is 12.4. The van der Waals surface area contributed by atoms with Crippen LogP contribution >= 0.6 is 11.6 Å². The Morgan fingerprint density at radius 3 is 2.52 bits per heavy atom. The fourth-order valence-corrected chi connectivity index (χ4v) is 3.69. The number of benzene rings is 2. The number of aromatic nitrogens is 1. The summed E-state index contributed by atoms with van der Waals surface area (Å²) >= 11 is 6.01. The molecule has 0 spiro atoms. The molecule has 0 fully saturated rings. The molecule has 0 aliphatic rings. The van der Waals surface area contributed by atoms with Crippen LogP contribution in [0.3, 0.4) is 0 Å². The average Bonchev–Trinajstić information content (AvgIpc) is 3.01. The Labute approximate surface area is 183 Å². The maximum Gasteiger partial charge on any atom is 0.412 e. The molecule has 1 atom stereocenters. The van der Waals surface area contributed by atoms with Gasteiger partial charge < -0.3 is 9.26 Å². The predicted molar refractivity (Wildman–Crippen MR) is 115 cm³/mol. The van der Waals surface area contributed by atoms with E-state index in [9.17, 15) is 17.6 Å². The van der Waals surface area contributed by atoms with E-state index in [1.54, 1.807) is 38.1 Å². The lowest BCUT2D eigenvalue weighted by atomic mass is 10.1. The van der Waals surface area contributed by atoms with Gasteiger partial charge in [0.1, 0.15) is 23.3 Å². The van der Waals surface area contributed by atoms with Crippen molar-refractivity contribution in [3.8, 4) is 11.3 Å². The Balaban J connectivity index is 1.75. The number of amides is 1. The summed E-state index contributed by atoms with van der Waals surface area (Å²) < 4.78 is 48.9. The van der Waals surface area contributed by atoms with Crippen LogP contribution < -0.4 is 10.0 Å². The number of nitrogens with zero attached hydrogens (tertiary/aromatic N) is 1. The minimum Gasteiger partial charge on any atom is -0.441 e. The van der Waals surface area contributed by atoms with Crippen molar-refractivity contribution in [2.24, 2.45) is 0 Å². The maximum atomic E-state index is 13.2. The third kappa shape index (κ3) is 5.74. The lowest BCUT2D eigenvalue weighted by Gasteiger charge is -2.15. The number of sulfonamides is 1. The highest BCUT2D eigenvalue weighted by Crippen LogP contribution is 2.33. The molecule has 3 aromatic rings. The summed E-state index contributed by atoms with van der Waals surface area (Å²) in [5.74, 6) is -0.222. The number of anilines is 2. The van der Waals surface area contributed by atoms with E-state index in [1.165, 1.54) is 12.1 Å². The van der Waals surface area contributed by atoms with Gasteiger partial charge in [-0.15, -0.1) is 0 Å². The Morgan fingerprint density at radius 2 is 1.90 bits per heavy atom. The SMILES string of the molecule is Cc1noc(-c2ccc(NS(C)(=O)=O)cc2)c1NC(=O)OC(C)c1ccc(F)cc1Cl. The van der Waals surface area contributed by atoms with Crippen molar-refractivity contribution < 1.29 is 26.9 Å². The van der Waals surface area contributed by atoms with Gasteiger partial charge in [-0.2, -0.15) is 0 Å². The molecule has 0 radical (unpaired) electrons. The highest BCUT2D eigenvalue weighted by atomic mass is 35.5. The molecule has 1 heterocycles. The van der Waals surface area contributed by atoms with Crippen LogP contribution in [0.2, 0.25) is 5.02 Å². The van der Waals surface area contributed by atoms with Gasteiger partial charge in [0.15, 0.2) is 5.76 Å². The first-order valence-electron chi connectivity index (χ1n) is 9.00. The first kappa shape index (κ1) is 22.6. The fraction of sp³-hybridized carbons (Fsp3) is 0.200. The van der Waals surface area contributed by atoms with Gasteiger partial charge in [0.25, 0.3) is 0 Å². The second kappa shape index (κ2) is 8.94. The number of hydrogen-bond acceptors (Lipinski definition) is 6. The molecular formula is C20H19ClFN3O5S. The molecule has 8 nitrogen and oxygen atoms in total. The molecule has 1 aromatic heterocycles. The number of halogens is 2. The molecule has 0 aliphatic carbocycles. The van der Waals surface area contributed by atoms with Crippen molar-refractivity contribution in [1.82, 2.24) is 5.16 Å². The largest absolute Gasteiger partial charge is 0.441 e. The Bertz CT molecular complexity index is 1210. The summed E-state index contributed by atoms with van der Waals surface area (Å²) in [5, 5.41) is 6.61.